The van der Waals surface area contributed by atoms with Gasteiger partial charge in [-0.15, -0.1) is 0 Å². The van der Waals surface area contributed by atoms with Gasteiger partial charge in [0.1, 0.15) is 11.6 Å². The average Bonchev–Trinajstić information content (AvgIpc) is 2.37. The van der Waals surface area contributed by atoms with Gasteiger partial charge in [-0.25, -0.2) is 8.78 Å². The molecule has 0 saturated heterocycles. The van der Waals surface area contributed by atoms with Gasteiger partial charge in [-0.2, -0.15) is 0 Å². The Labute approximate surface area is 123 Å². The smallest absolute Gasteiger partial charge is 0.129 e. The zero-order valence-electron chi connectivity index (χ0n) is 9.84. The van der Waals surface area contributed by atoms with Gasteiger partial charge >= 0.3 is 0 Å². The first-order valence-electron chi connectivity index (χ1n) is 5.62. The summed E-state index contributed by atoms with van der Waals surface area (Å²) in [7, 11) is 0. The van der Waals surface area contributed by atoms with Crippen LogP contribution in [0.3, 0.4) is 0 Å². The molecule has 0 aromatic heterocycles. The summed E-state index contributed by atoms with van der Waals surface area (Å²) in [6.45, 7) is 0. The summed E-state index contributed by atoms with van der Waals surface area (Å²) >= 11 is 9.37. The predicted molar refractivity (Wildman–Crippen MR) is 76.1 cm³/mol. The van der Waals surface area contributed by atoms with Crippen molar-refractivity contribution in [3.05, 3.63) is 68.7 Å². The zero-order valence-corrected chi connectivity index (χ0v) is 12.2. The van der Waals surface area contributed by atoms with Gasteiger partial charge in [0, 0.05) is 21.1 Å². The van der Waals surface area contributed by atoms with Crippen LogP contribution in [-0.2, 0) is 6.42 Å². The van der Waals surface area contributed by atoms with Crippen molar-refractivity contribution in [2.75, 3.05) is 0 Å². The van der Waals surface area contributed by atoms with Gasteiger partial charge in [0.15, 0.2) is 0 Å². The van der Waals surface area contributed by atoms with Gasteiger partial charge in [-0.3, -0.25) is 0 Å². The summed E-state index contributed by atoms with van der Waals surface area (Å²) in [5, 5.41) is 0.479. The molecule has 0 bridgehead atoms. The SMILES string of the molecule is NC(Cc1c(F)cccc1F)c1cc(Br)ccc1Cl. The van der Waals surface area contributed by atoms with E-state index in [0.717, 1.165) is 4.47 Å². The Balaban J connectivity index is 2.31. The van der Waals surface area contributed by atoms with Gasteiger partial charge < -0.3 is 5.73 Å². The highest BCUT2D eigenvalue weighted by molar-refractivity contribution is 9.10. The van der Waals surface area contributed by atoms with E-state index in [0.29, 0.717) is 10.6 Å². The van der Waals surface area contributed by atoms with Crippen molar-refractivity contribution >= 4 is 27.5 Å². The second-order valence-corrected chi connectivity index (χ2v) is 5.50. The van der Waals surface area contributed by atoms with E-state index in [1.807, 2.05) is 0 Å². The fraction of sp³-hybridized carbons (Fsp3) is 0.143. The monoisotopic (exact) mass is 345 g/mol. The third-order valence-corrected chi connectivity index (χ3v) is 3.68. The number of rotatable bonds is 3. The Bertz CT molecular complexity index is 584. The third kappa shape index (κ3) is 3.32. The fourth-order valence-electron chi connectivity index (χ4n) is 1.86. The highest BCUT2D eigenvalue weighted by Crippen LogP contribution is 2.28. The number of hydrogen-bond acceptors (Lipinski definition) is 1. The van der Waals surface area contributed by atoms with Crippen molar-refractivity contribution in [2.24, 2.45) is 5.73 Å². The van der Waals surface area contributed by atoms with E-state index in [9.17, 15) is 8.78 Å². The molecule has 0 radical (unpaired) electrons. The summed E-state index contributed by atoms with van der Waals surface area (Å²) in [6, 6.07) is 8.41. The zero-order chi connectivity index (χ0) is 14.0. The highest BCUT2D eigenvalue weighted by atomic mass is 79.9. The lowest BCUT2D eigenvalue weighted by molar-refractivity contribution is 0.540. The van der Waals surface area contributed by atoms with Crippen LogP contribution >= 0.6 is 27.5 Å². The molecule has 2 aromatic rings. The van der Waals surface area contributed by atoms with Crippen LogP contribution in [0.25, 0.3) is 0 Å². The molecule has 5 heteroatoms. The molecule has 1 nitrogen and oxygen atoms in total. The van der Waals surface area contributed by atoms with Crippen LogP contribution in [0.4, 0.5) is 8.78 Å². The van der Waals surface area contributed by atoms with Crippen LogP contribution in [-0.4, -0.2) is 0 Å². The van der Waals surface area contributed by atoms with E-state index in [2.05, 4.69) is 15.9 Å². The summed E-state index contributed by atoms with van der Waals surface area (Å²) in [5.41, 5.74) is 6.63. The lowest BCUT2D eigenvalue weighted by atomic mass is 9.99. The molecule has 0 fully saturated rings. The minimum atomic E-state index is -0.596. The van der Waals surface area contributed by atoms with Gasteiger partial charge in [0.2, 0.25) is 0 Å². The van der Waals surface area contributed by atoms with Crippen LogP contribution in [0.15, 0.2) is 40.9 Å². The first-order chi connectivity index (χ1) is 8.99. The van der Waals surface area contributed by atoms with Crippen molar-refractivity contribution in [1.29, 1.82) is 0 Å². The topological polar surface area (TPSA) is 26.0 Å². The van der Waals surface area contributed by atoms with E-state index in [-0.39, 0.29) is 12.0 Å². The number of benzene rings is 2. The molecular formula is C14H11BrClF2N. The Morgan fingerprint density at radius 1 is 1.16 bits per heavy atom. The summed E-state index contributed by atoms with van der Waals surface area (Å²) in [6.07, 6.45) is 0.0503. The molecular weight excluding hydrogens is 336 g/mol. The average molecular weight is 347 g/mol. The van der Waals surface area contributed by atoms with Gasteiger partial charge in [0.05, 0.1) is 0 Å². The Morgan fingerprint density at radius 2 is 1.79 bits per heavy atom. The minimum Gasteiger partial charge on any atom is -0.324 e. The first kappa shape index (κ1) is 14.4. The maximum Gasteiger partial charge on any atom is 0.129 e. The quantitative estimate of drug-likeness (QED) is 0.862. The van der Waals surface area contributed by atoms with E-state index in [4.69, 9.17) is 17.3 Å². The summed E-state index contributed by atoms with van der Waals surface area (Å²) in [5.74, 6) is -1.19. The molecule has 0 amide bonds. The predicted octanol–water partition coefficient (Wildman–Crippen LogP) is 4.62. The second kappa shape index (κ2) is 5.99. The van der Waals surface area contributed by atoms with Crippen molar-refractivity contribution < 1.29 is 8.78 Å². The van der Waals surface area contributed by atoms with Crippen molar-refractivity contribution in [3.63, 3.8) is 0 Å². The maximum absolute atomic E-state index is 13.6. The molecule has 2 aromatic carbocycles. The lowest BCUT2D eigenvalue weighted by Gasteiger charge is -2.15. The Kier molecular flexibility index (Phi) is 4.55. The van der Waals surface area contributed by atoms with Crippen LogP contribution in [0.2, 0.25) is 5.02 Å². The molecule has 2 rings (SSSR count). The van der Waals surface area contributed by atoms with Crippen LogP contribution in [0.5, 0.6) is 0 Å². The number of hydrogen-bond donors (Lipinski definition) is 1. The van der Waals surface area contributed by atoms with E-state index in [1.165, 1.54) is 18.2 Å². The summed E-state index contributed by atoms with van der Waals surface area (Å²) < 4.78 is 28.0. The molecule has 0 spiro atoms. The molecule has 19 heavy (non-hydrogen) atoms. The van der Waals surface area contributed by atoms with Gasteiger partial charge in [-0.05, 0) is 42.3 Å². The van der Waals surface area contributed by atoms with Crippen molar-refractivity contribution in [1.82, 2.24) is 0 Å². The molecule has 1 atom stereocenters. The normalized spacial score (nSPS) is 12.5. The molecule has 100 valence electrons. The van der Waals surface area contributed by atoms with E-state index < -0.39 is 17.7 Å². The van der Waals surface area contributed by atoms with Gasteiger partial charge in [-0.1, -0.05) is 33.6 Å². The lowest BCUT2D eigenvalue weighted by Crippen LogP contribution is -2.15. The van der Waals surface area contributed by atoms with Crippen molar-refractivity contribution in [2.45, 2.75) is 12.5 Å². The summed E-state index contributed by atoms with van der Waals surface area (Å²) in [4.78, 5) is 0. The second-order valence-electron chi connectivity index (χ2n) is 4.18. The minimum absolute atomic E-state index is 0.0222. The van der Waals surface area contributed by atoms with Crippen LogP contribution in [0, 0.1) is 11.6 Å². The van der Waals surface area contributed by atoms with Crippen molar-refractivity contribution in [3.8, 4) is 0 Å². The maximum atomic E-state index is 13.6. The Morgan fingerprint density at radius 3 is 2.42 bits per heavy atom. The van der Waals surface area contributed by atoms with Gasteiger partial charge in [0.25, 0.3) is 0 Å². The number of nitrogens with two attached hydrogens (primary N) is 1. The molecule has 0 aliphatic carbocycles. The largest absolute Gasteiger partial charge is 0.324 e. The molecule has 0 aliphatic rings. The molecule has 0 aliphatic heterocycles. The molecule has 0 heterocycles. The number of halogens is 4. The molecule has 1 unspecified atom stereocenters. The van der Waals surface area contributed by atoms with E-state index >= 15 is 0 Å². The third-order valence-electron chi connectivity index (χ3n) is 2.84. The molecule has 0 saturated carbocycles. The fourth-order valence-corrected chi connectivity index (χ4v) is 2.49. The molecule has 2 N–H and O–H groups in total. The van der Waals surface area contributed by atoms with Crippen LogP contribution in [0.1, 0.15) is 17.2 Å². The first-order valence-corrected chi connectivity index (χ1v) is 6.79. The van der Waals surface area contributed by atoms with Crippen LogP contribution < -0.4 is 5.73 Å². The van der Waals surface area contributed by atoms with E-state index in [1.54, 1.807) is 18.2 Å². The Hall–Kier alpha value is -0.970. The highest BCUT2D eigenvalue weighted by Gasteiger charge is 2.16. The standard InChI is InChI=1S/C14H11BrClF2N/c15-8-4-5-11(16)9(6-8)14(19)7-10-12(17)2-1-3-13(10)18/h1-6,14H,7,19H2.